The zero-order valence-electron chi connectivity index (χ0n) is 10.6. The van der Waals surface area contributed by atoms with Crippen molar-refractivity contribution < 1.29 is 8.42 Å². The fourth-order valence-corrected chi connectivity index (χ4v) is 3.75. The SMILES string of the molecule is O=S(=O)(c1ccccc1)n1ccc2cc(CS)ccc21. The van der Waals surface area contributed by atoms with Crippen LogP contribution in [0.1, 0.15) is 5.56 Å². The molecule has 0 unspecified atom stereocenters. The number of thiol groups is 1. The normalized spacial score (nSPS) is 11.8. The smallest absolute Gasteiger partial charge is 0.241 e. The van der Waals surface area contributed by atoms with E-state index in [1.165, 1.54) is 3.97 Å². The molecule has 1 aromatic heterocycles. The van der Waals surface area contributed by atoms with Gasteiger partial charge < -0.3 is 0 Å². The van der Waals surface area contributed by atoms with Gasteiger partial charge in [0.15, 0.2) is 0 Å². The fourth-order valence-electron chi connectivity index (χ4n) is 2.18. The molecule has 3 nitrogen and oxygen atoms in total. The van der Waals surface area contributed by atoms with Crippen LogP contribution < -0.4 is 0 Å². The van der Waals surface area contributed by atoms with Crippen molar-refractivity contribution in [3.63, 3.8) is 0 Å². The first-order chi connectivity index (χ1) is 9.63. The molecule has 20 heavy (non-hydrogen) atoms. The minimum Gasteiger partial charge on any atom is -0.241 e. The van der Waals surface area contributed by atoms with Gasteiger partial charge >= 0.3 is 0 Å². The van der Waals surface area contributed by atoms with E-state index >= 15 is 0 Å². The van der Waals surface area contributed by atoms with Gasteiger partial charge in [-0.05, 0) is 35.9 Å². The second-order valence-electron chi connectivity index (χ2n) is 4.48. The summed E-state index contributed by atoms with van der Waals surface area (Å²) in [5.74, 6) is 0.632. The summed E-state index contributed by atoms with van der Waals surface area (Å²) in [6, 6.07) is 15.9. The van der Waals surface area contributed by atoms with Crippen molar-refractivity contribution in [2.75, 3.05) is 0 Å². The van der Waals surface area contributed by atoms with Gasteiger partial charge in [-0.2, -0.15) is 12.6 Å². The lowest BCUT2D eigenvalue weighted by Crippen LogP contribution is -2.11. The number of fused-ring (bicyclic) bond motifs is 1. The number of hydrogen-bond acceptors (Lipinski definition) is 3. The molecular weight excluding hydrogens is 290 g/mol. The average molecular weight is 303 g/mol. The van der Waals surface area contributed by atoms with Crippen LogP contribution in [0.5, 0.6) is 0 Å². The van der Waals surface area contributed by atoms with Gasteiger partial charge in [0, 0.05) is 17.3 Å². The standard InChI is InChI=1S/C15H13NO2S2/c17-20(18,14-4-2-1-3-5-14)16-9-8-13-10-12(11-19)6-7-15(13)16/h1-10,19H,11H2. The number of aromatic nitrogens is 1. The third-order valence-electron chi connectivity index (χ3n) is 3.20. The number of hydrogen-bond donors (Lipinski definition) is 1. The van der Waals surface area contributed by atoms with E-state index < -0.39 is 10.0 Å². The lowest BCUT2D eigenvalue weighted by molar-refractivity contribution is 0.589. The van der Waals surface area contributed by atoms with E-state index in [-0.39, 0.29) is 4.90 Å². The molecule has 2 aromatic carbocycles. The van der Waals surface area contributed by atoms with Crippen molar-refractivity contribution >= 4 is 33.6 Å². The van der Waals surface area contributed by atoms with Crippen LogP contribution in [0.15, 0.2) is 65.7 Å². The highest BCUT2D eigenvalue weighted by Crippen LogP contribution is 2.23. The molecule has 0 aliphatic carbocycles. The zero-order chi connectivity index (χ0) is 14.2. The highest BCUT2D eigenvalue weighted by Gasteiger charge is 2.18. The van der Waals surface area contributed by atoms with Gasteiger partial charge in [-0.1, -0.05) is 24.3 Å². The molecule has 0 aliphatic rings. The van der Waals surface area contributed by atoms with E-state index in [2.05, 4.69) is 12.6 Å². The van der Waals surface area contributed by atoms with Crippen molar-refractivity contribution in [1.29, 1.82) is 0 Å². The molecular formula is C15H13NO2S2. The molecule has 102 valence electrons. The Balaban J connectivity index is 2.20. The van der Waals surface area contributed by atoms with E-state index in [0.717, 1.165) is 10.9 Å². The Bertz CT molecular complexity index is 852. The van der Waals surface area contributed by atoms with Crippen LogP contribution in [0.25, 0.3) is 10.9 Å². The number of nitrogens with zero attached hydrogens (tertiary/aromatic N) is 1. The van der Waals surface area contributed by atoms with E-state index in [1.807, 2.05) is 24.3 Å². The molecule has 3 aromatic rings. The Labute approximate surface area is 123 Å². The second kappa shape index (κ2) is 5.00. The molecule has 0 N–H and O–H groups in total. The summed E-state index contributed by atoms with van der Waals surface area (Å²) in [7, 11) is -3.54. The molecule has 0 bridgehead atoms. The summed E-state index contributed by atoms with van der Waals surface area (Å²) < 4.78 is 26.5. The van der Waals surface area contributed by atoms with Crippen LogP contribution in [-0.4, -0.2) is 12.4 Å². The van der Waals surface area contributed by atoms with E-state index in [4.69, 9.17) is 0 Å². The predicted octanol–water partition coefficient (Wildman–Crippen LogP) is 3.31. The van der Waals surface area contributed by atoms with Crippen LogP contribution in [0.3, 0.4) is 0 Å². The summed E-state index contributed by atoms with van der Waals surface area (Å²) in [4.78, 5) is 0.288. The summed E-state index contributed by atoms with van der Waals surface area (Å²) >= 11 is 4.23. The summed E-state index contributed by atoms with van der Waals surface area (Å²) in [6.07, 6.45) is 1.59. The summed E-state index contributed by atoms with van der Waals surface area (Å²) in [6.45, 7) is 0. The Kier molecular flexibility index (Phi) is 3.31. The molecule has 0 saturated heterocycles. The molecule has 5 heteroatoms. The number of rotatable bonds is 3. The van der Waals surface area contributed by atoms with E-state index in [1.54, 1.807) is 36.5 Å². The molecule has 0 saturated carbocycles. The molecule has 0 fully saturated rings. The Hall–Kier alpha value is -1.72. The van der Waals surface area contributed by atoms with E-state index in [9.17, 15) is 8.42 Å². The maximum Gasteiger partial charge on any atom is 0.268 e. The minimum atomic E-state index is -3.54. The number of benzene rings is 2. The lowest BCUT2D eigenvalue weighted by Gasteiger charge is -2.07. The Morgan fingerprint density at radius 3 is 2.45 bits per heavy atom. The van der Waals surface area contributed by atoms with Gasteiger partial charge in [-0.3, -0.25) is 0 Å². The zero-order valence-corrected chi connectivity index (χ0v) is 12.3. The van der Waals surface area contributed by atoms with Crippen molar-refractivity contribution in [2.45, 2.75) is 10.6 Å². The second-order valence-corrected chi connectivity index (χ2v) is 6.61. The van der Waals surface area contributed by atoms with Crippen molar-refractivity contribution in [2.24, 2.45) is 0 Å². The van der Waals surface area contributed by atoms with Crippen LogP contribution in [0, 0.1) is 0 Å². The largest absolute Gasteiger partial charge is 0.268 e. The van der Waals surface area contributed by atoms with Crippen LogP contribution in [-0.2, 0) is 15.8 Å². The summed E-state index contributed by atoms with van der Waals surface area (Å²) in [5.41, 5.74) is 1.75. The molecule has 3 rings (SSSR count). The first-order valence-electron chi connectivity index (χ1n) is 6.14. The molecule has 0 amide bonds. The first kappa shape index (κ1) is 13.3. The van der Waals surface area contributed by atoms with Crippen LogP contribution in [0.4, 0.5) is 0 Å². The maximum atomic E-state index is 12.6. The molecule has 0 aliphatic heterocycles. The predicted molar refractivity (Wildman–Crippen MR) is 83.7 cm³/mol. The third-order valence-corrected chi connectivity index (χ3v) is 5.27. The van der Waals surface area contributed by atoms with Crippen molar-refractivity contribution in [3.8, 4) is 0 Å². The minimum absolute atomic E-state index is 0.288. The fraction of sp³-hybridized carbons (Fsp3) is 0.0667. The van der Waals surface area contributed by atoms with Gasteiger partial charge in [0.2, 0.25) is 0 Å². The highest BCUT2D eigenvalue weighted by atomic mass is 32.2. The molecule has 0 radical (unpaired) electrons. The quantitative estimate of drug-likeness (QED) is 0.754. The van der Waals surface area contributed by atoms with Crippen molar-refractivity contribution in [3.05, 3.63) is 66.4 Å². The van der Waals surface area contributed by atoms with Crippen molar-refractivity contribution in [1.82, 2.24) is 3.97 Å². The highest BCUT2D eigenvalue weighted by molar-refractivity contribution is 7.90. The molecule has 0 atom stereocenters. The third kappa shape index (κ3) is 2.13. The van der Waals surface area contributed by atoms with Crippen LogP contribution >= 0.6 is 12.6 Å². The Morgan fingerprint density at radius 1 is 1.00 bits per heavy atom. The Morgan fingerprint density at radius 2 is 1.75 bits per heavy atom. The lowest BCUT2D eigenvalue weighted by atomic mass is 10.2. The van der Waals surface area contributed by atoms with Gasteiger partial charge in [0.05, 0.1) is 10.4 Å². The average Bonchev–Trinajstić information content (AvgIpc) is 2.91. The van der Waals surface area contributed by atoms with Gasteiger partial charge in [-0.15, -0.1) is 0 Å². The molecule has 1 heterocycles. The van der Waals surface area contributed by atoms with Gasteiger partial charge in [0.25, 0.3) is 10.0 Å². The monoisotopic (exact) mass is 303 g/mol. The van der Waals surface area contributed by atoms with Crippen LogP contribution in [0.2, 0.25) is 0 Å². The van der Waals surface area contributed by atoms with Gasteiger partial charge in [-0.25, -0.2) is 12.4 Å². The first-order valence-corrected chi connectivity index (χ1v) is 8.21. The van der Waals surface area contributed by atoms with Gasteiger partial charge in [0.1, 0.15) is 0 Å². The molecule has 0 spiro atoms. The van der Waals surface area contributed by atoms with E-state index in [0.29, 0.717) is 11.3 Å². The summed E-state index contributed by atoms with van der Waals surface area (Å²) in [5, 5.41) is 0.899. The maximum absolute atomic E-state index is 12.6. The topological polar surface area (TPSA) is 39.1 Å².